The fourth-order valence-corrected chi connectivity index (χ4v) is 2.99. The third kappa shape index (κ3) is 4.12. The maximum absolute atomic E-state index is 12.8. The van der Waals surface area contributed by atoms with Gasteiger partial charge in [0.05, 0.1) is 22.1 Å². The molecule has 1 aliphatic heterocycles. The van der Waals surface area contributed by atoms with Gasteiger partial charge < -0.3 is 14.8 Å². The molecule has 0 aromatic carbocycles. The zero-order valence-electron chi connectivity index (χ0n) is 15.2. The fourth-order valence-electron chi connectivity index (χ4n) is 2.76. The number of hydrogen-bond donors (Lipinski definition) is 1. The van der Waals surface area contributed by atoms with E-state index < -0.39 is 23.6 Å². The van der Waals surface area contributed by atoms with Crippen molar-refractivity contribution in [2.75, 3.05) is 13.2 Å². The summed E-state index contributed by atoms with van der Waals surface area (Å²) >= 11 is 6.24. The van der Waals surface area contributed by atoms with E-state index >= 15 is 0 Å². The van der Waals surface area contributed by atoms with Crippen molar-refractivity contribution in [2.24, 2.45) is 0 Å². The van der Waals surface area contributed by atoms with Crippen molar-refractivity contribution in [1.29, 1.82) is 0 Å². The number of aromatic nitrogens is 2. The highest BCUT2D eigenvalue weighted by Crippen LogP contribution is 2.27. The Morgan fingerprint density at radius 1 is 1.41 bits per heavy atom. The van der Waals surface area contributed by atoms with Crippen LogP contribution in [0.2, 0.25) is 5.02 Å². The highest BCUT2D eigenvalue weighted by atomic mass is 35.5. The maximum Gasteiger partial charge on any atom is 0.419 e. The molecule has 144 valence electrons. The van der Waals surface area contributed by atoms with Crippen LogP contribution in [0.4, 0.5) is 4.79 Å². The standard InChI is InChI=1S/C18H20ClN3O5/c1-18(2,3)27-17(25)22-8-10(14-15(22)11(19)4-6-20-14)16(24)21-12-5-7-26-9-13(12)23/h4,6,8,12H,5,7,9H2,1-3H3,(H,21,24)/t12-/m0/s1. The van der Waals surface area contributed by atoms with Gasteiger partial charge in [-0.05, 0) is 33.3 Å². The van der Waals surface area contributed by atoms with Crippen LogP contribution < -0.4 is 5.32 Å². The monoisotopic (exact) mass is 393 g/mol. The molecule has 0 aliphatic carbocycles. The minimum absolute atomic E-state index is 0.0330. The molecule has 0 unspecified atom stereocenters. The molecule has 0 radical (unpaired) electrons. The highest BCUT2D eigenvalue weighted by molar-refractivity contribution is 6.35. The molecule has 0 saturated carbocycles. The summed E-state index contributed by atoms with van der Waals surface area (Å²) in [7, 11) is 0. The van der Waals surface area contributed by atoms with Gasteiger partial charge in [0.2, 0.25) is 0 Å². The number of rotatable bonds is 2. The van der Waals surface area contributed by atoms with Gasteiger partial charge in [0.1, 0.15) is 17.7 Å². The molecule has 27 heavy (non-hydrogen) atoms. The number of pyridine rings is 1. The normalized spacial score (nSPS) is 17.8. The first-order valence-electron chi connectivity index (χ1n) is 8.47. The van der Waals surface area contributed by atoms with Gasteiger partial charge in [-0.3, -0.25) is 14.6 Å². The minimum Gasteiger partial charge on any atom is -0.443 e. The van der Waals surface area contributed by atoms with Crippen molar-refractivity contribution >= 4 is 40.4 Å². The van der Waals surface area contributed by atoms with Crippen LogP contribution >= 0.6 is 11.6 Å². The van der Waals surface area contributed by atoms with Crippen LogP contribution in [0.25, 0.3) is 11.0 Å². The molecule has 0 bridgehead atoms. The number of carbonyl (C=O) groups is 3. The first-order chi connectivity index (χ1) is 12.7. The Hall–Kier alpha value is -2.45. The van der Waals surface area contributed by atoms with Gasteiger partial charge in [0, 0.05) is 19.0 Å². The van der Waals surface area contributed by atoms with E-state index in [0.29, 0.717) is 13.0 Å². The number of carbonyl (C=O) groups excluding carboxylic acids is 3. The van der Waals surface area contributed by atoms with Crippen LogP contribution in [0.3, 0.4) is 0 Å². The SMILES string of the molecule is CC(C)(C)OC(=O)n1cc(C(=O)N[C@H]2CCOCC2=O)c2nccc(Cl)c21. The van der Waals surface area contributed by atoms with Crippen LogP contribution in [0.15, 0.2) is 18.5 Å². The fraction of sp³-hybridized carbons (Fsp3) is 0.444. The van der Waals surface area contributed by atoms with E-state index in [1.807, 2.05) is 0 Å². The third-order valence-corrected chi connectivity index (χ3v) is 4.26. The molecular formula is C18H20ClN3O5. The largest absolute Gasteiger partial charge is 0.443 e. The number of ketones is 1. The van der Waals surface area contributed by atoms with Gasteiger partial charge in [0.25, 0.3) is 5.91 Å². The Labute approximate surface area is 160 Å². The lowest BCUT2D eigenvalue weighted by atomic mass is 10.1. The van der Waals surface area contributed by atoms with E-state index in [1.165, 1.54) is 18.5 Å². The second-order valence-corrected chi connectivity index (χ2v) is 7.62. The van der Waals surface area contributed by atoms with Gasteiger partial charge in [-0.15, -0.1) is 0 Å². The zero-order valence-corrected chi connectivity index (χ0v) is 16.0. The van der Waals surface area contributed by atoms with Crippen LogP contribution in [0.5, 0.6) is 0 Å². The molecular weight excluding hydrogens is 374 g/mol. The van der Waals surface area contributed by atoms with Crippen molar-refractivity contribution in [2.45, 2.75) is 38.8 Å². The van der Waals surface area contributed by atoms with E-state index in [0.717, 1.165) is 4.57 Å². The summed E-state index contributed by atoms with van der Waals surface area (Å²) in [5.74, 6) is -0.714. The van der Waals surface area contributed by atoms with Gasteiger partial charge in [-0.1, -0.05) is 11.6 Å². The minimum atomic E-state index is -0.723. The first-order valence-corrected chi connectivity index (χ1v) is 8.85. The number of amides is 1. The molecule has 3 rings (SSSR count). The molecule has 2 aromatic rings. The third-order valence-electron chi connectivity index (χ3n) is 3.95. The molecule has 3 heterocycles. The second kappa shape index (κ2) is 7.28. The van der Waals surface area contributed by atoms with Crippen LogP contribution in [-0.4, -0.2) is 52.2 Å². The molecule has 1 fully saturated rings. The molecule has 1 saturated heterocycles. The van der Waals surface area contributed by atoms with Crippen LogP contribution in [0, 0.1) is 0 Å². The predicted octanol–water partition coefficient (Wildman–Crippen LogP) is 2.56. The molecule has 8 nitrogen and oxygen atoms in total. The number of Topliss-reactive ketones (excluding diaryl/α,β-unsaturated/α-hetero) is 1. The van der Waals surface area contributed by atoms with Crippen molar-refractivity contribution in [3.05, 3.63) is 29.0 Å². The Morgan fingerprint density at radius 3 is 2.81 bits per heavy atom. The summed E-state index contributed by atoms with van der Waals surface area (Å²) in [5.41, 5.74) is -0.0564. The summed E-state index contributed by atoms with van der Waals surface area (Å²) in [5, 5.41) is 2.94. The topological polar surface area (TPSA) is 99.5 Å². The van der Waals surface area contributed by atoms with E-state index in [-0.39, 0.29) is 34.0 Å². The molecule has 0 spiro atoms. The molecule has 2 aromatic heterocycles. The van der Waals surface area contributed by atoms with E-state index in [9.17, 15) is 14.4 Å². The van der Waals surface area contributed by atoms with Crippen molar-refractivity contribution in [3.63, 3.8) is 0 Å². The molecule has 1 amide bonds. The number of nitrogens with zero attached hydrogens (tertiary/aromatic N) is 2. The Kier molecular flexibility index (Phi) is 5.21. The zero-order chi connectivity index (χ0) is 19.8. The van der Waals surface area contributed by atoms with Crippen molar-refractivity contribution in [3.8, 4) is 0 Å². The summed E-state index contributed by atoms with van der Waals surface area (Å²) in [6.07, 6.45) is 2.49. The number of ether oxygens (including phenoxy) is 2. The van der Waals surface area contributed by atoms with Gasteiger partial charge in [-0.2, -0.15) is 0 Å². The lowest BCUT2D eigenvalue weighted by Gasteiger charge is -2.21. The molecule has 9 heteroatoms. The Balaban J connectivity index is 1.98. The van der Waals surface area contributed by atoms with Gasteiger partial charge in [0.15, 0.2) is 5.78 Å². The van der Waals surface area contributed by atoms with Crippen LogP contribution in [0.1, 0.15) is 37.6 Å². The summed E-state index contributed by atoms with van der Waals surface area (Å²) in [6.45, 7) is 5.57. The van der Waals surface area contributed by atoms with E-state index in [4.69, 9.17) is 21.1 Å². The first kappa shape index (κ1) is 19.3. The average Bonchev–Trinajstić information content (AvgIpc) is 2.97. The Bertz CT molecular complexity index is 916. The van der Waals surface area contributed by atoms with Crippen LogP contribution in [-0.2, 0) is 14.3 Å². The van der Waals surface area contributed by atoms with Crippen molar-refractivity contribution in [1.82, 2.24) is 14.9 Å². The average molecular weight is 394 g/mol. The predicted molar refractivity (Wildman–Crippen MR) is 98.1 cm³/mol. The number of fused-ring (bicyclic) bond motifs is 1. The maximum atomic E-state index is 12.8. The smallest absolute Gasteiger partial charge is 0.419 e. The summed E-state index contributed by atoms with van der Waals surface area (Å²) in [6, 6.07) is 0.888. The lowest BCUT2D eigenvalue weighted by Crippen LogP contribution is -2.45. The van der Waals surface area contributed by atoms with Crippen molar-refractivity contribution < 1.29 is 23.9 Å². The summed E-state index contributed by atoms with van der Waals surface area (Å²) in [4.78, 5) is 41.4. The summed E-state index contributed by atoms with van der Waals surface area (Å²) < 4.78 is 11.6. The number of hydrogen-bond acceptors (Lipinski definition) is 6. The molecule has 1 aliphatic rings. The van der Waals surface area contributed by atoms with Gasteiger partial charge in [-0.25, -0.2) is 9.36 Å². The highest BCUT2D eigenvalue weighted by Gasteiger charge is 2.29. The quantitative estimate of drug-likeness (QED) is 0.841. The number of nitrogens with one attached hydrogen (secondary N) is 1. The molecule has 1 N–H and O–H groups in total. The van der Waals surface area contributed by atoms with E-state index in [1.54, 1.807) is 20.8 Å². The second-order valence-electron chi connectivity index (χ2n) is 7.22. The lowest BCUT2D eigenvalue weighted by molar-refractivity contribution is -0.129. The molecule has 1 atom stereocenters. The number of halogens is 1. The van der Waals surface area contributed by atoms with E-state index in [2.05, 4.69) is 10.3 Å². The van der Waals surface area contributed by atoms with Gasteiger partial charge >= 0.3 is 6.09 Å². The Morgan fingerprint density at radius 2 is 2.15 bits per heavy atom.